The quantitative estimate of drug-likeness (QED) is 0.874. The predicted molar refractivity (Wildman–Crippen MR) is 76.1 cm³/mol. The Morgan fingerprint density at radius 1 is 1.30 bits per heavy atom. The second-order valence-electron chi connectivity index (χ2n) is 4.89. The first kappa shape index (κ1) is 12.9. The fraction of sp³-hybridized carbons (Fsp3) is 0.333. The summed E-state index contributed by atoms with van der Waals surface area (Å²) < 4.78 is 5.13. The average molecular weight is 271 g/mol. The van der Waals surface area contributed by atoms with Gasteiger partial charge in [0.15, 0.2) is 0 Å². The lowest BCUT2D eigenvalue weighted by molar-refractivity contribution is 0.414. The summed E-state index contributed by atoms with van der Waals surface area (Å²) in [6.45, 7) is 1.52. The van der Waals surface area contributed by atoms with E-state index < -0.39 is 0 Å². The molecule has 0 saturated carbocycles. The molecule has 104 valence electrons. The van der Waals surface area contributed by atoms with Crippen molar-refractivity contribution in [1.82, 2.24) is 15.3 Å². The molecule has 20 heavy (non-hydrogen) atoms. The number of aromatic nitrogens is 2. The van der Waals surface area contributed by atoms with Crippen LogP contribution in [0.1, 0.15) is 22.6 Å². The number of methoxy groups -OCH3 is 1. The van der Waals surface area contributed by atoms with Crippen LogP contribution in [0.3, 0.4) is 0 Å². The van der Waals surface area contributed by atoms with Gasteiger partial charge in [-0.1, -0.05) is 12.1 Å². The third kappa shape index (κ3) is 2.58. The second kappa shape index (κ2) is 5.46. The van der Waals surface area contributed by atoms with Gasteiger partial charge in [-0.05, 0) is 30.7 Å². The molecule has 0 spiro atoms. The van der Waals surface area contributed by atoms with Crippen LogP contribution in [0, 0.1) is 0 Å². The van der Waals surface area contributed by atoms with Gasteiger partial charge in [0.25, 0.3) is 5.56 Å². The number of benzene rings is 1. The Bertz CT molecular complexity index is 662. The van der Waals surface area contributed by atoms with Crippen molar-refractivity contribution in [2.45, 2.75) is 19.4 Å². The minimum Gasteiger partial charge on any atom is -0.497 e. The van der Waals surface area contributed by atoms with Gasteiger partial charge in [-0.25, -0.2) is 4.98 Å². The Morgan fingerprint density at radius 2 is 2.10 bits per heavy atom. The summed E-state index contributed by atoms with van der Waals surface area (Å²) in [5, 5.41) is 3.24. The van der Waals surface area contributed by atoms with E-state index in [9.17, 15) is 4.79 Å². The first-order valence-electron chi connectivity index (χ1n) is 6.71. The van der Waals surface area contributed by atoms with Crippen LogP contribution < -0.4 is 15.6 Å². The predicted octanol–water partition coefficient (Wildman–Crippen LogP) is 1.01. The molecule has 5 nitrogen and oxygen atoms in total. The number of H-pyrrole nitrogens is 1. The van der Waals surface area contributed by atoms with Crippen LogP contribution in [0.25, 0.3) is 0 Å². The third-order valence-electron chi connectivity index (χ3n) is 3.53. The van der Waals surface area contributed by atoms with Gasteiger partial charge in [0.2, 0.25) is 0 Å². The first-order chi connectivity index (χ1) is 9.76. The van der Waals surface area contributed by atoms with Crippen molar-refractivity contribution in [3.63, 3.8) is 0 Å². The molecule has 2 N–H and O–H groups in total. The van der Waals surface area contributed by atoms with Crippen molar-refractivity contribution in [2.24, 2.45) is 0 Å². The van der Waals surface area contributed by atoms with E-state index in [-0.39, 0.29) is 5.56 Å². The molecule has 0 bridgehead atoms. The van der Waals surface area contributed by atoms with Gasteiger partial charge < -0.3 is 15.0 Å². The van der Waals surface area contributed by atoms with E-state index in [1.165, 1.54) is 0 Å². The summed E-state index contributed by atoms with van der Waals surface area (Å²) in [5.74, 6) is 1.53. The molecule has 5 heteroatoms. The third-order valence-corrected chi connectivity index (χ3v) is 3.53. The number of aromatic amines is 1. The van der Waals surface area contributed by atoms with E-state index in [0.717, 1.165) is 35.5 Å². The number of nitrogens with one attached hydrogen (secondary N) is 2. The van der Waals surface area contributed by atoms with E-state index in [4.69, 9.17) is 4.74 Å². The average Bonchev–Trinajstić information content (AvgIpc) is 2.48. The zero-order valence-corrected chi connectivity index (χ0v) is 11.4. The van der Waals surface area contributed by atoms with Crippen molar-refractivity contribution >= 4 is 0 Å². The molecule has 0 amide bonds. The van der Waals surface area contributed by atoms with Crippen molar-refractivity contribution in [3.05, 3.63) is 57.3 Å². The van der Waals surface area contributed by atoms with E-state index in [2.05, 4.69) is 15.3 Å². The molecule has 1 aliphatic heterocycles. The normalized spacial score (nSPS) is 13.8. The van der Waals surface area contributed by atoms with Gasteiger partial charge in [-0.15, -0.1) is 0 Å². The van der Waals surface area contributed by atoms with Gasteiger partial charge in [-0.2, -0.15) is 0 Å². The van der Waals surface area contributed by atoms with Crippen LogP contribution in [0.4, 0.5) is 0 Å². The lowest BCUT2D eigenvalue weighted by atomic mass is 10.1. The van der Waals surface area contributed by atoms with Crippen LogP contribution >= 0.6 is 0 Å². The Labute approximate surface area is 117 Å². The number of hydrogen-bond donors (Lipinski definition) is 2. The van der Waals surface area contributed by atoms with E-state index in [1.807, 2.05) is 24.3 Å². The highest BCUT2D eigenvalue weighted by Gasteiger charge is 2.15. The van der Waals surface area contributed by atoms with Crippen LogP contribution in [0.5, 0.6) is 5.75 Å². The minimum absolute atomic E-state index is 0.0000108. The molecule has 0 aliphatic carbocycles. The van der Waals surface area contributed by atoms with Gasteiger partial charge in [-0.3, -0.25) is 4.79 Å². The molecule has 0 unspecified atom stereocenters. The SMILES string of the molecule is COc1ccc(Cc2nc3c(c(=O)[nH]2)CCNC3)cc1. The lowest BCUT2D eigenvalue weighted by Crippen LogP contribution is -2.31. The number of hydrogen-bond acceptors (Lipinski definition) is 4. The highest BCUT2D eigenvalue weighted by molar-refractivity contribution is 5.29. The van der Waals surface area contributed by atoms with Gasteiger partial charge >= 0.3 is 0 Å². The Kier molecular flexibility index (Phi) is 3.52. The number of rotatable bonds is 3. The Hall–Kier alpha value is -2.14. The molecule has 1 aromatic carbocycles. The summed E-state index contributed by atoms with van der Waals surface area (Å²) >= 11 is 0. The Morgan fingerprint density at radius 3 is 2.85 bits per heavy atom. The largest absolute Gasteiger partial charge is 0.497 e. The van der Waals surface area contributed by atoms with Crippen molar-refractivity contribution in [2.75, 3.05) is 13.7 Å². The standard InChI is InChI=1S/C15H17N3O2/c1-20-11-4-2-10(3-5-11)8-14-17-13-9-16-7-6-12(13)15(19)18-14/h2-5,16H,6-9H2,1H3,(H,17,18,19). The highest BCUT2D eigenvalue weighted by Crippen LogP contribution is 2.14. The molecule has 2 heterocycles. The number of nitrogens with zero attached hydrogens (tertiary/aromatic N) is 1. The maximum absolute atomic E-state index is 12.0. The van der Waals surface area contributed by atoms with Crippen molar-refractivity contribution in [1.29, 1.82) is 0 Å². The van der Waals surface area contributed by atoms with Crippen molar-refractivity contribution < 1.29 is 4.74 Å². The fourth-order valence-electron chi connectivity index (χ4n) is 2.44. The molecule has 0 atom stereocenters. The summed E-state index contributed by atoms with van der Waals surface area (Å²) in [4.78, 5) is 19.5. The monoisotopic (exact) mass is 271 g/mol. The smallest absolute Gasteiger partial charge is 0.254 e. The van der Waals surface area contributed by atoms with Gasteiger partial charge in [0.1, 0.15) is 11.6 Å². The second-order valence-corrected chi connectivity index (χ2v) is 4.89. The van der Waals surface area contributed by atoms with Crippen LogP contribution in [0.2, 0.25) is 0 Å². The van der Waals surface area contributed by atoms with E-state index in [0.29, 0.717) is 18.8 Å². The molecule has 0 radical (unpaired) electrons. The van der Waals surface area contributed by atoms with Gasteiger partial charge in [0.05, 0.1) is 12.8 Å². The summed E-state index contributed by atoms with van der Waals surface area (Å²) in [5.41, 5.74) is 2.79. The summed E-state index contributed by atoms with van der Waals surface area (Å²) in [6.07, 6.45) is 1.37. The number of ether oxygens (including phenoxy) is 1. The maximum atomic E-state index is 12.0. The summed E-state index contributed by atoms with van der Waals surface area (Å²) in [6, 6.07) is 7.79. The van der Waals surface area contributed by atoms with Crippen LogP contribution in [-0.4, -0.2) is 23.6 Å². The van der Waals surface area contributed by atoms with Crippen molar-refractivity contribution in [3.8, 4) is 5.75 Å². The highest BCUT2D eigenvalue weighted by atomic mass is 16.5. The molecule has 0 saturated heterocycles. The topological polar surface area (TPSA) is 67.0 Å². The molecule has 2 aromatic rings. The van der Waals surface area contributed by atoms with E-state index >= 15 is 0 Å². The fourth-order valence-corrected chi connectivity index (χ4v) is 2.44. The molecule has 1 aromatic heterocycles. The molecule has 1 aliphatic rings. The van der Waals surface area contributed by atoms with E-state index in [1.54, 1.807) is 7.11 Å². The maximum Gasteiger partial charge on any atom is 0.254 e. The van der Waals surface area contributed by atoms with Gasteiger partial charge in [0, 0.05) is 18.5 Å². The first-order valence-corrected chi connectivity index (χ1v) is 6.71. The number of fused-ring (bicyclic) bond motifs is 1. The minimum atomic E-state index is 0.0000108. The van der Waals surface area contributed by atoms with Crippen LogP contribution in [0.15, 0.2) is 29.1 Å². The molecule has 0 fully saturated rings. The zero-order valence-electron chi connectivity index (χ0n) is 11.4. The lowest BCUT2D eigenvalue weighted by Gasteiger charge is -2.15. The molecular weight excluding hydrogens is 254 g/mol. The molecular formula is C15H17N3O2. The molecule has 3 rings (SSSR count). The Balaban J connectivity index is 1.87. The van der Waals surface area contributed by atoms with Crippen LogP contribution in [-0.2, 0) is 19.4 Å². The summed E-state index contributed by atoms with van der Waals surface area (Å²) in [7, 11) is 1.64. The zero-order chi connectivity index (χ0) is 13.9.